The molecule has 3 rings (SSSR count). The predicted molar refractivity (Wildman–Crippen MR) is 73.1 cm³/mol. The number of para-hydroxylation sites is 1. The highest BCUT2D eigenvalue weighted by atomic mass is 16.5. The van der Waals surface area contributed by atoms with E-state index in [4.69, 9.17) is 4.74 Å². The lowest BCUT2D eigenvalue weighted by molar-refractivity contribution is 0.0692. The Balaban J connectivity index is 1.87. The molecule has 0 amide bonds. The van der Waals surface area contributed by atoms with Crippen LogP contribution in [0.1, 0.15) is 36.0 Å². The molecule has 0 radical (unpaired) electrons. The molecule has 0 unspecified atom stereocenters. The fourth-order valence-corrected chi connectivity index (χ4v) is 3.17. The molecular weight excluding hydrogens is 242 g/mol. The average molecular weight is 261 g/mol. The van der Waals surface area contributed by atoms with Crippen LogP contribution in [0.25, 0.3) is 0 Å². The maximum atomic E-state index is 11.2. The maximum Gasteiger partial charge on any atom is 0.339 e. The lowest BCUT2D eigenvalue weighted by atomic mass is 10.1. The van der Waals surface area contributed by atoms with Crippen molar-refractivity contribution in [1.29, 1.82) is 0 Å². The van der Waals surface area contributed by atoms with E-state index in [2.05, 4.69) is 4.90 Å². The Morgan fingerprint density at radius 1 is 1.37 bits per heavy atom. The quantitative estimate of drug-likeness (QED) is 0.909. The number of hydrogen-bond donors (Lipinski definition) is 1. The zero-order chi connectivity index (χ0) is 13.2. The van der Waals surface area contributed by atoms with Crippen molar-refractivity contribution >= 4 is 11.7 Å². The Bertz CT molecular complexity index is 480. The number of anilines is 1. The topological polar surface area (TPSA) is 49.8 Å². The number of aromatic carboxylic acids is 1. The second-order valence-corrected chi connectivity index (χ2v) is 5.40. The fraction of sp³-hybridized carbons (Fsp3) is 0.533. The zero-order valence-electron chi connectivity index (χ0n) is 11.0. The minimum atomic E-state index is -0.917. The highest BCUT2D eigenvalue weighted by molar-refractivity contribution is 5.93. The summed E-state index contributed by atoms with van der Waals surface area (Å²) in [6.07, 6.45) is 5.25. The molecule has 0 aromatic heterocycles. The lowest BCUT2D eigenvalue weighted by Gasteiger charge is -2.33. The summed E-state index contributed by atoms with van der Waals surface area (Å²) in [5, 5.41) is 9.21. The van der Waals surface area contributed by atoms with E-state index in [9.17, 15) is 9.90 Å². The van der Waals surface area contributed by atoms with E-state index >= 15 is 0 Å². The van der Waals surface area contributed by atoms with Crippen LogP contribution in [0, 0.1) is 5.92 Å². The number of benzene rings is 1. The van der Waals surface area contributed by atoms with Gasteiger partial charge in [0.05, 0.1) is 12.2 Å². The molecule has 1 aromatic carbocycles. The van der Waals surface area contributed by atoms with Crippen molar-refractivity contribution in [2.24, 2.45) is 5.92 Å². The summed E-state index contributed by atoms with van der Waals surface area (Å²) in [6, 6.07) is 5.38. The van der Waals surface area contributed by atoms with Gasteiger partial charge in [-0.05, 0) is 30.9 Å². The molecule has 1 heterocycles. The molecule has 0 saturated heterocycles. The van der Waals surface area contributed by atoms with Gasteiger partial charge in [-0.3, -0.25) is 0 Å². The van der Waals surface area contributed by atoms with E-state index in [1.807, 2.05) is 6.07 Å². The van der Waals surface area contributed by atoms with Crippen LogP contribution in [0.3, 0.4) is 0 Å². The van der Waals surface area contributed by atoms with Crippen LogP contribution in [0.5, 0.6) is 5.75 Å². The first-order valence-electron chi connectivity index (χ1n) is 7.00. The molecule has 1 aromatic rings. The van der Waals surface area contributed by atoms with Gasteiger partial charge in [0.1, 0.15) is 12.2 Å². The van der Waals surface area contributed by atoms with E-state index in [0.29, 0.717) is 12.4 Å². The third kappa shape index (κ3) is 2.39. The van der Waals surface area contributed by atoms with Crippen LogP contribution in [-0.4, -0.2) is 30.8 Å². The maximum absolute atomic E-state index is 11.2. The standard InChI is InChI=1S/C15H19NO3/c17-15(18)12-6-3-7-13-14(12)19-9-8-16(13)10-11-4-1-2-5-11/h3,6-7,11H,1-2,4-5,8-10H2,(H,17,18). The molecule has 0 spiro atoms. The van der Waals surface area contributed by atoms with Gasteiger partial charge in [0.15, 0.2) is 5.75 Å². The van der Waals surface area contributed by atoms with Crippen LogP contribution < -0.4 is 9.64 Å². The highest BCUT2D eigenvalue weighted by Gasteiger charge is 2.26. The Morgan fingerprint density at radius 2 is 2.16 bits per heavy atom. The van der Waals surface area contributed by atoms with Crippen molar-refractivity contribution in [3.8, 4) is 5.75 Å². The van der Waals surface area contributed by atoms with Crippen molar-refractivity contribution in [3.63, 3.8) is 0 Å². The van der Waals surface area contributed by atoms with Gasteiger partial charge in [0.25, 0.3) is 0 Å². The summed E-state index contributed by atoms with van der Waals surface area (Å²) < 4.78 is 5.59. The lowest BCUT2D eigenvalue weighted by Crippen LogP contribution is -2.36. The largest absolute Gasteiger partial charge is 0.489 e. The first-order chi connectivity index (χ1) is 9.25. The van der Waals surface area contributed by atoms with E-state index in [0.717, 1.165) is 24.7 Å². The fourth-order valence-electron chi connectivity index (χ4n) is 3.17. The molecule has 1 N–H and O–H groups in total. The summed E-state index contributed by atoms with van der Waals surface area (Å²) >= 11 is 0. The van der Waals surface area contributed by atoms with Crippen molar-refractivity contribution in [1.82, 2.24) is 0 Å². The van der Waals surface area contributed by atoms with Gasteiger partial charge in [-0.15, -0.1) is 0 Å². The summed E-state index contributed by atoms with van der Waals surface area (Å²) in [5.41, 5.74) is 1.21. The summed E-state index contributed by atoms with van der Waals surface area (Å²) in [7, 11) is 0. The molecular formula is C15H19NO3. The molecule has 0 atom stereocenters. The molecule has 19 heavy (non-hydrogen) atoms. The van der Waals surface area contributed by atoms with Gasteiger partial charge in [0.2, 0.25) is 0 Å². The molecule has 1 aliphatic carbocycles. The monoisotopic (exact) mass is 261 g/mol. The van der Waals surface area contributed by atoms with Gasteiger partial charge in [-0.2, -0.15) is 0 Å². The minimum Gasteiger partial charge on any atom is -0.489 e. The number of carbonyl (C=O) groups is 1. The molecule has 1 fully saturated rings. The third-order valence-electron chi connectivity index (χ3n) is 4.13. The molecule has 102 valence electrons. The normalized spacial score (nSPS) is 19.1. The van der Waals surface area contributed by atoms with Gasteiger partial charge < -0.3 is 14.7 Å². The average Bonchev–Trinajstić information content (AvgIpc) is 2.91. The van der Waals surface area contributed by atoms with Crippen LogP contribution in [0.15, 0.2) is 18.2 Å². The zero-order valence-corrected chi connectivity index (χ0v) is 11.0. The number of carboxylic acid groups (broad SMARTS) is 1. The van der Waals surface area contributed by atoms with Crippen molar-refractivity contribution in [3.05, 3.63) is 23.8 Å². The number of ether oxygens (including phenoxy) is 1. The third-order valence-corrected chi connectivity index (χ3v) is 4.13. The summed E-state index contributed by atoms with van der Waals surface area (Å²) in [6.45, 7) is 2.45. The van der Waals surface area contributed by atoms with Gasteiger partial charge in [-0.25, -0.2) is 4.79 Å². The van der Waals surface area contributed by atoms with E-state index in [1.165, 1.54) is 25.7 Å². The smallest absolute Gasteiger partial charge is 0.339 e. The number of hydrogen-bond acceptors (Lipinski definition) is 3. The Morgan fingerprint density at radius 3 is 2.89 bits per heavy atom. The molecule has 4 heteroatoms. The number of fused-ring (bicyclic) bond motifs is 1. The minimum absolute atomic E-state index is 0.272. The van der Waals surface area contributed by atoms with E-state index in [-0.39, 0.29) is 5.56 Å². The Kier molecular flexibility index (Phi) is 3.32. The Hall–Kier alpha value is -1.71. The van der Waals surface area contributed by atoms with Gasteiger partial charge >= 0.3 is 5.97 Å². The van der Waals surface area contributed by atoms with Crippen molar-refractivity contribution < 1.29 is 14.6 Å². The SMILES string of the molecule is O=C(O)c1cccc2c1OCCN2CC1CCCC1. The van der Waals surface area contributed by atoms with Gasteiger partial charge in [0, 0.05) is 6.54 Å². The number of rotatable bonds is 3. The molecule has 1 aliphatic heterocycles. The van der Waals surface area contributed by atoms with Crippen LogP contribution >= 0.6 is 0 Å². The van der Waals surface area contributed by atoms with Crippen LogP contribution in [0.4, 0.5) is 5.69 Å². The second kappa shape index (κ2) is 5.11. The van der Waals surface area contributed by atoms with E-state index in [1.54, 1.807) is 12.1 Å². The Labute approximate surface area is 113 Å². The summed E-state index contributed by atoms with van der Waals surface area (Å²) in [5.74, 6) is 0.373. The molecule has 2 aliphatic rings. The van der Waals surface area contributed by atoms with Gasteiger partial charge in [-0.1, -0.05) is 18.9 Å². The molecule has 4 nitrogen and oxygen atoms in total. The second-order valence-electron chi connectivity index (χ2n) is 5.40. The van der Waals surface area contributed by atoms with Crippen LogP contribution in [-0.2, 0) is 0 Å². The van der Waals surface area contributed by atoms with Crippen molar-refractivity contribution in [2.75, 3.05) is 24.6 Å². The van der Waals surface area contributed by atoms with E-state index < -0.39 is 5.97 Å². The predicted octanol–water partition coefficient (Wildman–Crippen LogP) is 2.77. The first-order valence-corrected chi connectivity index (χ1v) is 7.00. The summed E-state index contributed by atoms with van der Waals surface area (Å²) in [4.78, 5) is 13.5. The number of carboxylic acids is 1. The highest BCUT2D eigenvalue weighted by Crippen LogP contribution is 2.36. The van der Waals surface area contributed by atoms with Crippen LogP contribution in [0.2, 0.25) is 0 Å². The number of nitrogens with zero attached hydrogens (tertiary/aromatic N) is 1. The molecule has 1 saturated carbocycles. The first kappa shape index (κ1) is 12.3. The van der Waals surface area contributed by atoms with Crippen molar-refractivity contribution in [2.45, 2.75) is 25.7 Å². The molecule has 0 bridgehead atoms.